The highest BCUT2D eigenvalue weighted by atomic mass is 35.5. The monoisotopic (exact) mass is 205 g/mol. The van der Waals surface area contributed by atoms with Crippen LogP contribution in [0.2, 0.25) is 5.15 Å². The molecule has 0 bridgehead atoms. The number of rotatable bonds is 0. The molecule has 5 nitrogen and oxygen atoms in total. The number of pyridine rings is 1. The summed E-state index contributed by atoms with van der Waals surface area (Å²) in [7, 11) is 0. The summed E-state index contributed by atoms with van der Waals surface area (Å²) in [6.07, 6.45) is 3.18. The molecule has 0 unspecified atom stereocenters. The lowest BCUT2D eigenvalue weighted by Crippen LogP contribution is -1.94. The third-order valence-electron chi connectivity index (χ3n) is 1.97. The molecule has 0 aromatic carbocycles. The van der Waals surface area contributed by atoms with Crippen molar-refractivity contribution in [2.24, 2.45) is 0 Å². The fourth-order valence-electron chi connectivity index (χ4n) is 1.36. The minimum atomic E-state index is 0.403. The molecule has 3 aromatic heterocycles. The van der Waals surface area contributed by atoms with Gasteiger partial charge in [-0.05, 0) is 12.1 Å². The predicted octanol–water partition coefficient (Wildman–Crippen LogP) is 1.33. The normalized spacial score (nSPS) is 11.2. The van der Waals surface area contributed by atoms with Crippen LogP contribution in [0.15, 0.2) is 24.7 Å². The van der Waals surface area contributed by atoms with E-state index < -0.39 is 0 Å². The molecule has 0 aliphatic rings. The van der Waals surface area contributed by atoms with E-state index in [9.17, 15) is 0 Å². The molecule has 0 N–H and O–H groups in total. The molecule has 0 aliphatic carbocycles. The second kappa shape index (κ2) is 2.62. The maximum atomic E-state index is 5.97. The lowest BCUT2D eigenvalue weighted by Gasteiger charge is -1.99. The predicted molar refractivity (Wildman–Crippen MR) is 51.1 cm³/mol. The fourth-order valence-corrected chi connectivity index (χ4v) is 1.59. The molecule has 0 fully saturated rings. The summed E-state index contributed by atoms with van der Waals surface area (Å²) in [6.45, 7) is 0. The van der Waals surface area contributed by atoms with Gasteiger partial charge in [0, 0.05) is 11.6 Å². The van der Waals surface area contributed by atoms with Gasteiger partial charge in [0.05, 0.1) is 0 Å². The smallest absolute Gasteiger partial charge is 0.203 e. The zero-order chi connectivity index (χ0) is 9.54. The molecule has 0 aliphatic heterocycles. The highest BCUT2D eigenvalue weighted by Crippen LogP contribution is 2.21. The second-order valence-corrected chi connectivity index (χ2v) is 3.15. The molecule has 0 radical (unpaired) electrons. The van der Waals surface area contributed by atoms with Gasteiger partial charge in [0.2, 0.25) is 5.65 Å². The summed E-state index contributed by atoms with van der Waals surface area (Å²) in [6, 6.07) is 3.66. The number of hydrogen-bond acceptors (Lipinski definition) is 4. The van der Waals surface area contributed by atoms with Crippen LogP contribution in [0.5, 0.6) is 0 Å². The molecule has 0 spiro atoms. The molecule has 14 heavy (non-hydrogen) atoms. The quantitative estimate of drug-likeness (QED) is 0.556. The van der Waals surface area contributed by atoms with Crippen LogP contribution in [-0.4, -0.2) is 24.8 Å². The first-order chi connectivity index (χ1) is 6.86. The number of halogens is 1. The second-order valence-electron chi connectivity index (χ2n) is 2.79. The van der Waals surface area contributed by atoms with E-state index in [-0.39, 0.29) is 0 Å². The average Bonchev–Trinajstić information content (AvgIpc) is 2.66. The van der Waals surface area contributed by atoms with Crippen LogP contribution in [0.4, 0.5) is 0 Å². The number of fused-ring (bicyclic) bond motifs is 3. The SMILES string of the molecule is Clc1nn2cnnc2c2ncccc12. The highest BCUT2D eigenvalue weighted by Gasteiger charge is 2.08. The zero-order valence-corrected chi connectivity index (χ0v) is 7.68. The Balaban J connectivity index is 2.67. The molecule has 0 amide bonds. The molecular formula is C8H4ClN5. The Morgan fingerprint density at radius 1 is 1.36 bits per heavy atom. The van der Waals surface area contributed by atoms with Gasteiger partial charge in [-0.2, -0.15) is 9.61 Å². The molecule has 3 aromatic rings. The van der Waals surface area contributed by atoms with Gasteiger partial charge in [0.25, 0.3) is 0 Å². The largest absolute Gasteiger partial charge is 0.252 e. The van der Waals surface area contributed by atoms with Crippen LogP contribution in [0, 0.1) is 0 Å². The van der Waals surface area contributed by atoms with E-state index in [1.165, 1.54) is 10.8 Å². The Hall–Kier alpha value is -1.75. The van der Waals surface area contributed by atoms with Gasteiger partial charge in [-0.3, -0.25) is 4.98 Å². The van der Waals surface area contributed by atoms with Crippen molar-refractivity contribution in [3.05, 3.63) is 29.8 Å². The zero-order valence-electron chi connectivity index (χ0n) is 6.92. The lowest BCUT2D eigenvalue weighted by atomic mass is 10.3. The van der Waals surface area contributed by atoms with Crippen LogP contribution in [0.1, 0.15) is 0 Å². The van der Waals surface area contributed by atoms with E-state index in [1.807, 2.05) is 12.1 Å². The first-order valence-electron chi connectivity index (χ1n) is 3.96. The summed E-state index contributed by atoms with van der Waals surface area (Å²) < 4.78 is 1.51. The first-order valence-corrected chi connectivity index (χ1v) is 4.34. The van der Waals surface area contributed by atoms with Gasteiger partial charge in [-0.25, -0.2) is 0 Å². The van der Waals surface area contributed by atoms with E-state index in [4.69, 9.17) is 11.6 Å². The fraction of sp³-hybridized carbons (Fsp3) is 0. The minimum Gasteiger partial charge on any atom is -0.252 e. The lowest BCUT2D eigenvalue weighted by molar-refractivity contribution is 0.934. The van der Waals surface area contributed by atoms with Gasteiger partial charge < -0.3 is 0 Å². The van der Waals surface area contributed by atoms with Gasteiger partial charge in [0.15, 0.2) is 5.15 Å². The summed E-state index contributed by atoms with van der Waals surface area (Å²) in [4.78, 5) is 4.19. The van der Waals surface area contributed by atoms with Crippen molar-refractivity contribution in [1.29, 1.82) is 0 Å². The number of hydrogen-bond donors (Lipinski definition) is 0. The Morgan fingerprint density at radius 3 is 3.21 bits per heavy atom. The van der Waals surface area contributed by atoms with E-state index in [1.54, 1.807) is 6.20 Å². The number of aromatic nitrogens is 5. The maximum absolute atomic E-state index is 5.97. The van der Waals surface area contributed by atoms with E-state index in [2.05, 4.69) is 20.3 Å². The Morgan fingerprint density at radius 2 is 2.29 bits per heavy atom. The molecule has 0 atom stereocenters. The van der Waals surface area contributed by atoms with Crippen LogP contribution in [-0.2, 0) is 0 Å². The summed E-state index contributed by atoms with van der Waals surface area (Å²) in [5.74, 6) is 0. The molecular weight excluding hydrogens is 202 g/mol. The molecule has 6 heteroatoms. The van der Waals surface area contributed by atoms with Gasteiger partial charge in [0.1, 0.15) is 11.8 Å². The molecule has 0 saturated heterocycles. The first kappa shape index (κ1) is 7.64. The van der Waals surface area contributed by atoms with Crippen molar-refractivity contribution < 1.29 is 0 Å². The Labute approximate surface area is 83.3 Å². The van der Waals surface area contributed by atoms with Crippen LogP contribution < -0.4 is 0 Å². The maximum Gasteiger partial charge on any atom is 0.203 e. The van der Waals surface area contributed by atoms with Crippen molar-refractivity contribution in [1.82, 2.24) is 24.8 Å². The molecule has 68 valence electrons. The van der Waals surface area contributed by atoms with Gasteiger partial charge in [-0.1, -0.05) is 11.6 Å². The van der Waals surface area contributed by atoms with E-state index in [0.717, 1.165) is 5.39 Å². The third kappa shape index (κ3) is 0.898. The topological polar surface area (TPSA) is 56.0 Å². The highest BCUT2D eigenvalue weighted by molar-refractivity contribution is 6.34. The van der Waals surface area contributed by atoms with E-state index in [0.29, 0.717) is 16.3 Å². The van der Waals surface area contributed by atoms with Crippen molar-refractivity contribution in [3.63, 3.8) is 0 Å². The van der Waals surface area contributed by atoms with Crippen molar-refractivity contribution in [2.75, 3.05) is 0 Å². The summed E-state index contributed by atoms with van der Waals surface area (Å²) in [5.41, 5.74) is 1.33. The van der Waals surface area contributed by atoms with Crippen LogP contribution in [0.25, 0.3) is 16.6 Å². The van der Waals surface area contributed by atoms with Crippen molar-refractivity contribution >= 4 is 28.2 Å². The summed E-state index contributed by atoms with van der Waals surface area (Å²) >= 11 is 5.97. The average molecular weight is 206 g/mol. The standard InChI is InChI=1S/C8H4ClN5/c9-7-5-2-1-3-10-6(5)8-12-11-4-14(8)13-7/h1-4H. The molecule has 3 rings (SSSR count). The van der Waals surface area contributed by atoms with Crippen LogP contribution in [0.3, 0.4) is 0 Å². The molecule has 3 heterocycles. The molecule has 0 saturated carbocycles. The van der Waals surface area contributed by atoms with E-state index >= 15 is 0 Å². The Kier molecular flexibility index (Phi) is 1.43. The number of nitrogens with zero attached hydrogens (tertiary/aromatic N) is 5. The Bertz CT molecular complexity index is 617. The van der Waals surface area contributed by atoms with Crippen LogP contribution >= 0.6 is 11.6 Å². The van der Waals surface area contributed by atoms with Crippen molar-refractivity contribution in [3.8, 4) is 0 Å². The summed E-state index contributed by atoms with van der Waals surface area (Å²) in [5, 5.41) is 12.9. The minimum absolute atomic E-state index is 0.403. The van der Waals surface area contributed by atoms with Gasteiger partial charge in [-0.15, -0.1) is 10.2 Å². The third-order valence-corrected chi connectivity index (χ3v) is 2.25. The van der Waals surface area contributed by atoms with Gasteiger partial charge >= 0.3 is 0 Å². The van der Waals surface area contributed by atoms with Crippen molar-refractivity contribution in [2.45, 2.75) is 0 Å².